The van der Waals surface area contributed by atoms with Crippen LogP contribution >= 0.6 is 0 Å². The summed E-state index contributed by atoms with van der Waals surface area (Å²) in [6.45, 7) is -0.834. The molecule has 3 atom stereocenters. The summed E-state index contributed by atoms with van der Waals surface area (Å²) in [4.78, 5) is 16.5. The molecule has 1 fully saturated rings. The summed E-state index contributed by atoms with van der Waals surface area (Å²) < 4.78 is 52.3. The maximum atomic E-state index is 13.1. The van der Waals surface area contributed by atoms with E-state index in [2.05, 4.69) is 15.4 Å². The van der Waals surface area contributed by atoms with E-state index in [4.69, 9.17) is 5.11 Å². The zero-order valence-corrected chi connectivity index (χ0v) is 14.0. The molecule has 10 heteroatoms. The zero-order valence-electron chi connectivity index (χ0n) is 14.0. The van der Waals surface area contributed by atoms with Crippen LogP contribution < -0.4 is 5.32 Å². The van der Waals surface area contributed by atoms with Crippen LogP contribution in [-0.4, -0.2) is 44.6 Å². The van der Waals surface area contributed by atoms with Crippen LogP contribution in [0.3, 0.4) is 0 Å². The van der Waals surface area contributed by atoms with Crippen molar-refractivity contribution < 1.29 is 27.5 Å². The molecule has 0 saturated heterocycles. The van der Waals surface area contributed by atoms with Gasteiger partial charge in [0.1, 0.15) is 5.82 Å². The molecule has 2 heterocycles. The van der Waals surface area contributed by atoms with E-state index in [1.165, 1.54) is 16.8 Å². The molecule has 4 rings (SSSR count). The molecule has 0 spiro atoms. The number of hydrogen-bond acceptors (Lipinski definition) is 4. The van der Waals surface area contributed by atoms with Gasteiger partial charge in [0.15, 0.2) is 11.5 Å². The quantitative estimate of drug-likeness (QED) is 0.774. The Morgan fingerprint density at radius 1 is 1.41 bits per heavy atom. The topological polar surface area (TPSA) is 80.0 Å². The monoisotopic (exact) mass is 384 g/mol. The molecule has 2 N–H and O–H groups in total. The fraction of sp³-hybridized carbons (Fsp3) is 0.471. The SMILES string of the molecule is O=C(N[C@H](CO)CC(F)(F)F)c1nn(-c2ccc(F)cn2)c2c1C[C@H]1C[C@@H]21. The number of carbonyl (C=O) groups excluding carboxylic acids is 1. The molecular formula is C17H16F4N4O2. The van der Waals surface area contributed by atoms with Crippen LogP contribution in [0.5, 0.6) is 0 Å². The van der Waals surface area contributed by atoms with Gasteiger partial charge in [0, 0.05) is 11.5 Å². The van der Waals surface area contributed by atoms with Gasteiger partial charge in [-0.1, -0.05) is 0 Å². The second-order valence-corrected chi connectivity index (χ2v) is 6.94. The van der Waals surface area contributed by atoms with Gasteiger partial charge in [0.2, 0.25) is 0 Å². The number of alkyl halides is 3. The molecule has 0 aromatic carbocycles. The highest BCUT2D eigenvalue weighted by Gasteiger charge is 2.50. The standard InChI is InChI=1S/C17H16F4N4O2/c18-9-1-2-13(22-6-9)25-15-11-3-8(11)4-12(15)14(24-25)16(27)23-10(7-26)5-17(19,20)21/h1-2,6,8,10-11,26H,3-5,7H2,(H,23,27)/t8-,10+,11-/m1/s1. The van der Waals surface area contributed by atoms with Crippen molar-refractivity contribution in [3.05, 3.63) is 41.1 Å². The van der Waals surface area contributed by atoms with Gasteiger partial charge in [0.05, 0.1) is 31.0 Å². The molecular weight excluding hydrogens is 368 g/mol. The van der Waals surface area contributed by atoms with Gasteiger partial charge >= 0.3 is 6.18 Å². The van der Waals surface area contributed by atoms with Crippen molar-refractivity contribution in [1.82, 2.24) is 20.1 Å². The van der Waals surface area contributed by atoms with Crippen LogP contribution in [0, 0.1) is 11.7 Å². The second-order valence-electron chi connectivity index (χ2n) is 6.94. The lowest BCUT2D eigenvalue weighted by Gasteiger charge is -2.17. The lowest BCUT2D eigenvalue weighted by atomic mass is 10.1. The number of pyridine rings is 1. The van der Waals surface area contributed by atoms with Gasteiger partial charge in [-0.25, -0.2) is 14.1 Å². The number of carbonyl (C=O) groups is 1. The number of nitrogens with one attached hydrogen (secondary N) is 1. The van der Waals surface area contributed by atoms with Crippen LogP contribution in [0.25, 0.3) is 5.82 Å². The van der Waals surface area contributed by atoms with Crippen molar-refractivity contribution in [3.8, 4) is 5.82 Å². The Balaban J connectivity index is 1.64. The minimum absolute atomic E-state index is 0.0314. The molecule has 2 aromatic heterocycles. The Kier molecular flexibility index (Phi) is 4.17. The minimum Gasteiger partial charge on any atom is -0.394 e. The molecule has 1 amide bonds. The van der Waals surface area contributed by atoms with Crippen molar-refractivity contribution in [2.75, 3.05) is 6.61 Å². The Bertz CT molecular complexity index is 878. The molecule has 0 bridgehead atoms. The largest absolute Gasteiger partial charge is 0.394 e. The highest BCUT2D eigenvalue weighted by atomic mass is 19.4. The first-order valence-corrected chi connectivity index (χ1v) is 8.49. The van der Waals surface area contributed by atoms with Crippen molar-refractivity contribution in [2.45, 2.75) is 37.4 Å². The molecule has 2 aliphatic rings. The first-order chi connectivity index (χ1) is 12.8. The van der Waals surface area contributed by atoms with Crippen molar-refractivity contribution in [1.29, 1.82) is 0 Å². The first-order valence-electron chi connectivity index (χ1n) is 8.49. The maximum absolute atomic E-state index is 13.1. The number of halogens is 4. The summed E-state index contributed by atoms with van der Waals surface area (Å²) in [5, 5.41) is 15.6. The van der Waals surface area contributed by atoms with E-state index in [9.17, 15) is 22.4 Å². The Hall–Kier alpha value is -2.49. The average molecular weight is 384 g/mol. The predicted molar refractivity (Wildman–Crippen MR) is 84.9 cm³/mol. The normalized spacial score (nSPS) is 21.5. The number of aliphatic hydroxyl groups is 1. The number of aliphatic hydroxyl groups excluding tert-OH is 1. The second kappa shape index (κ2) is 6.29. The molecule has 0 aliphatic heterocycles. The van der Waals surface area contributed by atoms with E-state index < -0.39 is 37.0 Å². The Labute approximate surface area is 151 Å². The summed E-state index contributed by atoms with van der Waals surface area (Å²) in [5.41, 5.74) is 1.52. The van der Waals surface area contributed by atoms with E-state index in [-0.39, 0.29) is 11.6 Å². The molecule has 2 aliphatic carbocycles. The number of rotatable bonds is 5. The van der Waals surface area contributed by atoms with Crippen LogP contribution in [0.15, 0.2) is 18.3 Å². The molecule has 6 nitrogen and oxygen atoms in total. The fourth-order valence-corrected chi connectivity index (χ4v) is 3.66. The average Bonchev–Trinajstić information content (AvgIpc) is 3.09. The number of hydrogen-bond donors (Lipinski definition) is 2. The lowest BCUT2D eigenvalue weighted by Crippen LogP contribution is -2.41. The fourth-order valence-electron chi connectivity index (χ4n) is 3.66. The van der Waals surface area contributed by atoms with E-state index in [1.54, 1.807) is 0 Å². The number of aromatic nitrogens is 3. The Morgan fingerprint density at radius 3 is 2.81 bits per heavy atom. The van der Waals surface area contributed by atoms with Gasteiger partial charge < -0.3 is 10.4 Å². The summed E-state index contributed by atoms with van der Waals surface area (Å²) in [6, 6.07) is 1.21. The Morgan fingerprint density at radius 2 is 2.19 bits per heavy atom. The molecule has 1 saturated carbocycles. The minimum atomic E-state index is -4.51. The van der Waals surface area contributed by atoms with Gasteiger partial charge in [-0.15, -0.1) is 0 Å². The molecule has 144 valence electrons. The van der Waals surface area contributed by atoms with Crippen LogP contribution in [0.2, 0.25) is 0 Å². The van der Waals surface area contributed by atoms with Crippen LogP contribution in [0.1, 0.15) is 40.5 Å². The third-order valence-corrected chi connectivity index (χ3v) is 4.94. The lowest BCUT2D eigenvalue weighted by molar-refractivity contribution is -0.141. The highest BCUT2D eigenvalue weighted by molar-refractivity contribution is 5.94. The van der Waals surface area contributed by atoms with Crippen molar-refractivity contribution >= 4 is 5.91 Å². The van der Waals surface area contributed by atoms with Gasteiger partial charge in [0.25, 0.3) is 5.91 Å². The van der Waals surface area contributed by atoms with Gasteiger partial charge in [-0.05, 0) is 30.9 Å². The first kappa shape index (κ1) is 17.9. The molecule has 0 unspecified atom stereocenters. The molecule has 2 aromatic rings. The van der Waals surface area contributed by atoms with E-state index in [0.29, 0.717) is 23.7 Å². The summed E-state index contributed by atoms with van der Waals surface area (Å²) >= 11 is 0. The molecule has 27 heavy (non-hydrogen) atoms. The van der Waals surface area contributed by atoms with Gasteiger partial charge in [-0.3, -0.25) is 4.79 Å². The third-order valence-electron chi connectivity index (χ3n) is 4.94. The van der Waals surface area contributed by atoms with Gasteiger partial charge in [-0.2, -0.15) is 18.3 Å². The predicted octanol–water partition coefficient (Wildman–Crippen LogP) is 2.11. The number of nitrogens with zero attached hydrogens (tertiary/aromatic N) is 3. The smallest absolute Gasteiger partial charge is 0.391 e. The van der Waals surface area contributed by atoms with Crippen LogP contribution in [0.4, 0.5) is 17.6 Å². The van der Waals surface area contributed by atoms with Crippen molar-refractivity contribution in [3.63, 3.8) is 0 Å². The van der Waals surface area contributed by atoms with E-state index >= 15 is 0 Å². The number of amides is 1. The molecule has 0 radical (unpaired) electrons. The zero-order chi connectivity index (χ0) is 19.3. The highest BCUT2D eigenvalue weighted by Crippen LogP contribution is 2.57. The van der Waals surface area contributed by atoms with E-state index in [1.807, 2.05) is 0 Å². The summed E-state index contributed by atoms with van der Waals surface area (Å²) in [6.07, 6.45) is -3.24. The summed E-state index contributed by atoms with van der Waals surface area (Å²) in [5.74, 6) is -0.322. The number of fused-ring (bicyclic) bond motifs is 3. The summed E-state index contributed by atoms with van der Waals surface area (Å²) in [7, 11) is 0. The van der Waals surface area contributed by atoms with Crippen LogP contribution in [-0.2, 0) is 6.42 Å². The third kappa shape index (κ3) is 3.41. The van der Waals surface area contributed by atoms with Crippen molar-refractivity contribution in [2.24, 2.45) is 5.92 Å². The maximum Gasteiger partial charge on any atom is 0.391 e. The van der Waals surface area contributed by atoms with E-state index in [0.717, 1.165) is 18.3 Å².